The third-order valence-corrected chi connectivity index (χ3v) is 10.8. The Labute approximate surface area is 316 Å². The van der Waals surface area contributed by atoms with E-state index in [1.807, 2.05) is 13.3 Å². The van der Waals surface area contributed by atoms with Gasteiger partial charge in [-0.2, -0.15) is 0 Å². The molecule has 9 aromatic carbocycles. The fraction of sp³-hybridized carbons (Fsp3) is 0.0192. The lowest BCUT2D eigenvalue weighted by molar-refractivity contribution is 1.28. The smallest absolute Gasteiger partial charge is 0.0549 e. The molecule has 0 fully saturated rings. The molecule has 2 nitrogen and oxygen atoms in total. The number of hydrogen-bond acceptors (Lipinski definition) is 2. The van der Waals surface area contributed by atoms with E-state index < -0.39 is 0 Å². The summed E-state index contributed by atoms with van der Waals surface area (Å²) in [6.07, 6.45) is 1.93. The van der Waals surface area contributed by atoms with Gasteiger partial charge in [0.05, 0.1) is 5.69 Å². The van der Waals surface area contributed by atoms with Crippen LogP contribution in [0.1, 0.15) is 5.56 Å². The highest BCUT2D eigenvalue weighted by molar-refractivity contribution is 6.28. The maximum atomic E-state index is 4.36. The van der Waals surface area contributed by atoms with E-state index in [9.17, 15) is 0 Å². The minimum atomic E-state index is 1.07. The quantitative estimate of drug-likeness (QED) is 0.152. The zero-order chi connectivity index (χ0) is 36.0. The van der Waals surface area contributed by atoms with Crippen LogP contribution >= 0.6 is 0 Å². The topological polar surface area (TPSA) is 15.6 Å². The van der Waals surface area contributed by atoms with Crippen LogP contribution < -0.4 is 4.90 Å². The van der Waals surface area contributed by atoms with E-state index in [2.05, 4.69) is 204 Å². The lowest BCUT2D eigenvalue weighted by Gasteiger charge is -2.27. The van der Waals surface area contributed by atoms with E-state index in [-0.39, 0.29) is 0 Å². The highest BCUT2D eigenvalue weighted by Crippen LogP contribution is 2.58. The molecule has 0 aliphatic heterocycles. The Morgan fingerprint density at radius 1 is 0.370 bits per heavy atom. The molecule has 0 spiro atoms. The largest absolute Gasteiger partial charge is 0.310 e. The van der Waals surface area contributed by atoms with Crippen molar-refractivity contribution in [3.63, 3.8) is 0 Å². The van der Waals surface area contributed by atoms with E-state index in [1.165, 1.54) is 77.2 Å². The summed E-state index contributed by atoms with van der Waals surface area (Å²) in [4.78, 5) is 6.67. The second-order valence-electron chi connectivity index (χ2n) is 13.8. The number of anilines is 3. The van der Waals surface area contributed by atoms with Crippen LogP contribution in [0, 0.1) is 0 Å². The van der Waals surface area contributed by atoms with Crippen molar-refractivity contribution in [3.05, 3.63) is 200 Å². The van der Waals surface area contributed by atoms with Crippen LogP contribution in [0.15, 0.2) is 199 Å². The Kier molecular flexibility index (Phi) is 7.74. The lowest BCUT2D eigenvalue weighted by atomic mass is 9.82. The van der Waals surface area contributed by atoms with Gasteiger partial charge in [-0.05, 0) is 108 Å². The van der Waals surface area contributed by atoms with Crippen LogP contribution in [-0.2, 0) is 0 Å². The Morgan fingerprint density at radius 3 is 1.50 bits per heavy atom. The van der Waals surface area contributed by atoms with Crippen molar-refractivity contribution in [3.8, 4) is 55.6 Å². The zero-order valence-electron chi connectivity index (χ0n) is 29.9. The maximum absolute atomic E-state index is 4.36. The summed E-state index contributed by atoms with van der Waals surface area (Å²) in [7, 11) is 1.82. The molecule has 10 rings (SSSR count). The summed E-state index contributed by atoms with van der Waals surface area (Å²) in [6.45, 7) is 0. The van der Waals surface area contributed by atoms with Gasteiger partial charge in [0.25, 0.3) is 0 Å². The molecule has 0 aromatic heterocycles. The molecule has 0 N–H and O–H groups in total. The van der Waals surface area contributed by atoms with Gasteiger partial charge in [0.2, 0.25) is 0 Å². The van der Waals surface area contributed by atoms with Crippen molar-refractivity contribution < 1.29 is 0 Å². The molecule has 1 aliphatic rings. The molecule has 54 heavy (non-hydrogen) atoms. The van der Waals surface area contributed by atoms with Gasteiger partial charge in [-0.3, -0.25) is 4.99 Å². The Balaban J connectivity index is 1.18. The molecule has 0 heterocycles. The standard InChI is InChI=1S/C52H36N2/c1-53-34-38-20-11-14-27-47(38)54(39-21-9-4-10-22-39)40-30-28-35(29-31-40)41-32-33-46-50-42(41)25-15-26-45(50)51-48(36-16-5-2-6-17-36)43-23-12-13-24-44(43)49(52(46)51)37-18-7-3-8-19-37/h2-34H,1H3. The molecule has 0 saturated carbocycles. The van der Waals surface area contributed by atoms with Crippen LogP contribution in [0.4, 0.5) is 17.1 Å². The first-order valence-electron chi connectivity index (χ1n) is 18.5. The number of benzene rings is 9. The third-order valence-electron chi connectivity index (χ3n) is 10.8. The lowest BCUT2D eigenvalue weighted by Crippen LogP contribution is -2.12. The predicted molar refractivity (Wildman–Crippen MR) is 230 cm³/mol. The van der Waals surface area contributed by atoms with Crippen LogP contribution in [-0.4, -0.2) is 13.3 Å². The molecule has 1 aliphatic carbocycles. The average molecular weight is 689 g/mol. The van der Waals surface area contributed by atoms with Gasteiger partial charge >= 0.3 is 0 Å². The summed E-state index contributed by atoms with van der Waals surface area (Å²) in [5.41, 5.74) is 17.0. The first-order chi connectivity index (χ1) is 26.8. The van der Waals surface area contributed by atoms with Crippen LogP contribution in [0.2, 0.25) is 0 Å². The van der Waals surface area contributed by atoms with E-state index >= 15 is 0 Å². The molecule has 254 valence electrons. The molecule has 2 heteroatoms. The van der Waals surface area contributed by atoms with Gasteiger partial charge in [-0.15, -0.1) is 0 Å². The molecule has 0 amide bonds. The van der Waals surface area contributed by atoms with Crippen molar-refractivity contribution >= 4 is 44.8 Å². The minimum Gasteiger partial charge on any atom is -0.310 e. The normalized spacial score (nSPS) is 11.7. The molecular formula is C52H36N2. The molecule has 0 atom stereocenters. The van der Waals surface area contributed by atoms with Crippen LogP contribution in [0.5, 0.6) is 0 Å². The highest BCUT2D eigenvalue weighted by atomic mass is 15.1. The Morgan fingerprint density at radius 2 is 0.870 bits per heavy atom. The summed E-state index contributed by atoms with van der Waals surface area (Å²) in [5.74, 6) is 0. The van der Waals surface area contributed by atoms with Gasteiger partial charge in [0, 0.05) is 30.2 Å². The monoisotopic (exact) mass is 688 g/mol. The van der Waals surface area contributed by atoms with Crippen LogP contribution in [0.25, 0.3) is 77.2 Å². The van der Waals surface area contributed by atoms with E-state index in [4.69, 9.17) is 0 Å². The summed E-state index contributed by atoms with van der Waals surface area (Å²) in [5, 5.41) is 5.13. The number of para-hydroxylation sites is 2. The molecule has 9 aromatic rings. The van der Waals surface area contributed by atoms with Crippen molar-refractivity contribution in [2.75, 3.05) is 11.9 Å². The van der Waals surface area contributed by atoms with Crippen molar-refractivity contribution in [1.82, 2.24) is 0 Å². The zero-order valence-corrected chi connectivity index (χ0v) is 29.9. The number of fused-ring (bicyclic) bond motifs is 4. The molecule has 0 radical (unpaired) electrons. The van der Waals surface area contributed by atoms with E-state index in [0.29, 0.717) is 0 Å². The number of hydrogen-bond donors (Lipinski definition) is 0. The molecule has 0 bridgehead atoms. The SMILES string of the molecule is CN=Cc1ccccc1N(c1ccccc1)c1ccc(-c2ccc3c4c(cccc24)-c2c-3c(-c3ccccc3)c3ccccc3c2-c2ccccc2)cc1. The number of nitrogens with zero attached hydrogens (tertiary/aromatic N) is 2. The Bertz CT molecular complexity index is 2760. The Hall–Kier alpha value is -7.03. The molecule has 0 unspecified atom stereocenters. The minimum absolute atomic E-state index is 1.07. The van der Waals surface area contributed by atoms with Gasteiger partial charge in [-0.1, -0.05) is 164 Å². The fourth-order valence-electron chi connectivity index (χ4n) is 8.60. The number of aliphatic imine (C=N–C) groups is 1. The van der Waals surface area contributed by atoms with Gasteiger partial charge in [0.1, 0.15) is 0 Å². The van der Waals surface area contributed by atoms with Gasteiger partial charge < -0.3 is 4.90 Å². The van der Waals surface area contributed by atoms with E-state index in [0.717, 1.165) is 22.6 Å². The summed E-state index contributed by atoms with van der Waals surface area (Å²) >= 11 is 0. The molecule has 0 saturated heterocycles. The first kappa shape index (κ1) is 31.7. The van der Waals surface area contributed by atoms with Crippen molar-refractivity contribution in [2.45, 2.75) is 0 Å². The molecular weight excluding hydrogens is 653 g/mol. The first-order valence-corrected chi connectivity index (χ1v) is 18.5. The predicted octanol–water partition coefficient (Wildman–Crippen LogP) is 14.2. The highest BCUT2D eigenvalue weighted by Gasteiger charge is 2.31. The number of rotatable bonds is 7. The summed E-state index contributed by atoms with van der Waals surface area (Å²) < 4.78 is 0. The second kappa shape index (κ2) is 13.2. The van der Waals surface area contributed by atoms with Crippen molar-refractivity contribution in [1.29, 1.82) is 0 Å². The van der Waals surface area contributed by atoms with Crippen molar-refractivity contribution in [2.24, 2.45) is 4.99 Å². The fourth-order valence-corrected chi connectivity index (χ4v) is 8.60. The summed E-state index contributed by atoms with van der Waals surface area (Å²) in [6, 6.07) is 70.4. The van der Waals surface area contributed by atoms with Gasteiger partial charge in [-0.25, -0.2) is 0 Å². The van der Waals surface area contributed by atoms with E-state index in [1.54, 1.807) is 0 Å². The third kappa shape index (κ3) is 5.07. The van der Waals surface area contributed by atoms with Gasteiger partial charge in [0.15, 0.2) is 0 Å². The average Bonchev–Trinajstić information content (AvgIpc) is 3.57. The van der Waals surface area contributed by atoms with Crippen LogP contribution in [0.3, 0.4) is 0 Å². The second-order valence-corrected chi connectivity index (χ2v) is 13.8. The maximum Gasteiger partial charge on any atom is 0.0549 e.